The van der Waals surface area contributed by atoms with Crippen molar-refractivity contribution >= 4 is 29.1 Å². The average molecular weight is 397 g/mol. The zero-order chi connectivity index (χ0) is 21.2. The normalized spacial score (nSPS) is 10.1. The zero-order valence-electron chi connectivity index (χ0n) is 16.4. The number of benzene rings is 2. The van der Waals surface area contributed by atoms with Crippen LogP contribution in [-0.2, 0) is 14.3 Å². The van der Waals surface area contributed by atoms with Gasteiger partial charge in [-0.15, -0.1) is 0 Å². The molecule has 7 heteroatoms. The summed E-state index contributed by atoms with van der Waals surface area (Å²) >= 11 is 0. The molecule has 0 saturated carbocycles. The Morgan fingerprint density at radius 2 is 1.48 bits per heavy atom. The highest BCUT2D eigenvalue weighted by Crippen LogP contribution is 2.13. The lowest BCUT2D eigenvalue weighted by Gasteiger charge is -2.07. The van der Waals surface area contributed by atoms with Crippen LogP contribution in [0.2, 0.25) is 0 Å². The first kappa shape index (κ1) is 21.8. The first-order chi connectivity index (χ1) is 13.8. The van der Waals surface area contributed by atoms with E-state index in [9.17, 15) is 19.2 Å². The van der Waals surface area contributed by atoms with E-state index in [0.29, 0.717) is 35.6 Å². The molecule has 0 aliphatic rings. The second-order valence-electron chi connectivity index (χ2n) is 6.37. The Morgan fingerprint density at radius 1 is 0.862 bits per heavy atom. The first-order valence-corrected chi connectivity index (χ1v) is 9.15. The van der Waals surface area contributed by atoms with Crippen molar-refractivity contribution < 1.29 is 28.7 Å². The van der Waals surface area contributed by atoms with Gasteiger partial charge >= 0.3 is 5.97 Å². The number of rotatable bonds is 10. The molecule has 2 aromatic carbocycles. The number of anilines is 1. The molecule has 0 aliphatic carbocycles. The number of ether oxygens (including phenoxy) is 2. The number of hydrogen-bond donors (Lipinski definition) is 1. The Kier molecular flexibility index (Phi) is 8.09. The lowest BCUT2D eigenvalue weighted by atomic mass is 10.1. The molecule has 0 bridgehead atoms. The topological polar surface area (TPSA) is 98.8 Å². The monoisotopic (exact) mass is 397 g/mol. The highest BCUT2D eigenvalue weighted by molar-refractivity contribution is 5.98. The summed E-state index contributed by atoms with van der Waals surface area (Å²) < 4.78 is 10.5. The summed E-state index contributed by atoms with van der Waals surface area (Å²) in [6.45, 7) is 2.86. The van der Waals surface area contributed by atoms with E-state index in [0.717, 1.165) is 0 Å². The van der Waals surface area contributed by atoms with Crippen LogP contribution in [0.1, 0.15) is 47.4 Å². The molecule has 152 valence electrons. The van der Waals surface area contributed by atoms with Crippen LogP contribution in [0.25, 0.3) is 0 Å². The van der Waals surface area contributed by atoms with Gasteiger partial charge in [-0.2, -0.15) is 0 Å². The molecule has 2 aromatic rings. The van der Waals surface area contributed by atoms with Crippen molar-refractivity contribution in [3.8, 4) is 5.75 Å². The van der Waals surface area contributed by atoms with Crippen LogP contribution in [0, 0.1) is 0 Å². The Hall–Kier alpha value is -3.48. The first-order valence-electron chi connectivity index (χ1n) is 9.15. The minimum atomic E-state index is -0.483. The van der Waals surface area contributed by atoms with Crippen molar-refractivity contribution in [2.24, 2.45) is 0 Å². The molecule has 2 rings (SSSR count). The van der Waals surface area contributed by atoms with Gasteiger partial charge in [0.05, 0.1) is 6.61 Å². The van der Waals surface area contributed by atoms with E-state index >= 15 is 0 Å². The van der Waals surface area contributed by atoms with Crippen LogP contribution in [0.4, 0.5) is 5.69 Å². The zero-order valence-corrected chi connectivity index (χ0v) is 16.4. The lowest BCUT2D eigenvalue weighted by molar-refractivity contribution is -0.142. The van der Waals surface area contributed by atoms with Crippen molar-refractivity contribution in [3.63, 3.8) is 0 Å². The number of ketones is 2. The predicted molar refractivity (Wildman–Crippen MR) is 107 cm³/mol. The number of esters is 1. The fourth-order valence-electron chi connectivity index (χ4n) is 2.44. The van der Waals surface area contributed by atoms with Gasteiger partial charge < -0.3 is 14.8 Å². The van der Waals surface area contributed by atoms with E-state index < -0.39 is 5.97 Å². The Morgan fingerprint density at radius 3 is 2.07 bits per heavy atom. The van der Waals surface area contributed by atoms with Crippen molar-refractivity contribution in [3.05, 3.63) is 59.7 Å². The van der Waals surface area contributed by atoms with Gasteiger partial charge in [-0.1, -0.05) is 0 Å². The molecule has 0 spiro atoms. The Labute approximate surface area is 169 Å². The summed E-state index contributed by atoms with van der Waals surface area (Å²) in [7, 11) is 0. The fourth-order valence-corrected chi connectivity index (χ4v) is 2.44. The summed E-state index contributed by atoms with van der Waals surface area (Å²) in [5, 5.41) is 2.61. The van der Waals surface area contributed by atoms with Crippen molar-refractivity contribution in [2.45, 2.75) is 26.7 Å². The molecular weight excluding hydrogens is 374 g/mol. The van der Waals surface area contributed by atoms with Gasteiger partial charge in [-0.3, -0.25) is 19.2 Å². The number of hydrogen-bond acceptors (Lipinski definition) is 6. The number of nitrogens with one attached hydrogen (secondary N) is 1. The van der Waals surface area contributed by atoms with E-state index in [4.69, 9.17) is 9.47 Å². The molecule has 0 aliphatic heterocycles. The minimum absolute atomic E-state index is 0.0162. The van der Waals surface area contributed by atoms with E-state index in [1.54, 1.807) is 48.5 Å². The SMILES string of the molecule is CC(=O)Nc1ccc(C(=O)COC(=O)CCCOc2ccc(C(C)=O)cc2)cc1. The molecule has 0 unspecified atom stereocenters. The fraction of sp³-hybridized carbons (Fsp3) is 0.273. The molecule has 0 aromatic heterocycles. The molecule has 7 nitrogen and oxygen atoms in total. The van der Waals surface area contributed by atoms with Crippen LogP contribution in [0.15, 0.2) is 48.5 Å². The summed E-state index contributed by atoms with van der Waals surface area (Å²) in [4.78, 5) is 46.0. The van der Waals surface area contributed by atoms with E-state index in [1.807, 2.05) is 0 Å². The van der Waals surface area contributed by atoms with Crippen molar-refractivity contribution in [2.75, 3.05) is 18.5 Å². The van der Waals surface area contributed by atoms with Crippen molar-refractivity contribution in [1.82, 2.24) is 0 Å². The average Bonchev–Trinajstić information content (AvgIpc) is 2.70. The number of carbonyl (C=O) groups excluding carboxylic acids is 4. The standard InChI is InChI=1S/C22H23NO6/c1-15(24)17-7-11-20(12-8-17)28-13-3-4-22(27)29-14-21(26)18-5-9-19(10-6-18)23-16(2)25/h5-12H,3-4,13-14H2,1-2H3,(H,23,25). The molecule has 0 fully saturated rings. The van der Waals surface area contributed by atoms with Gasteiger partial charge in [-0.05, 0) is 61.9 Å². The molecule has 1 N–H and O–H groups in total. The number of amides is 1. The lowest BCUT2D eigenvalue weighted by Crippen LogP contribution is -2.15. The van der Waals surface area contributed by atoms with Crippen LogP contribution < -0.4 is 10.1 Å². The van der Waals surface area contributed by atoms with Crippen LogP contribution in [-0.4, -0.2) is 36.7 Å². The third-order valence-electron chi connectivity index (χ3n) is 3.95. The van der Waals surface area contributed by atoms with Crippen LogP contribution >= 0.6 is 0 Å². The van der Waals surface area contributed by atoms with Crippen molar-refractivity contribution in [1.29, 1.82) is 0 Å². The third-order valence-corrected chi connectivity index (χ3v) is 3.95. The summed E-state index contributed by atoms with van der Waals surface area (Å²) in [6.07, 6.45) is 0.563. The van der Waals surface area contributed by atoms with Crippen LogP contribution in [0.5, 0.6) is 5.75 Å². The maximum absolute atomic E-state index is 12.1. The van der Waals surface area contributed by atoms with E-state index in [2.05, 4.69) is 5.32 Å². The van der Waals surface area contributed by atoms with Gasteiger partial charge in [-0.25, -0.2) is 0 Å². The summed E-state index contributed by atoms with van der Waals surface area (Å²) in [5.41, 5.74) is 1.58. The number of Topliss-reactive ketones (excluding diaryl/α,β-unsaturated/α-hetero) is 2. The molecule has 0 radical (unpaired) electrons. The van der Waals surface area contributed by atoms with Gasteiger partial charge in [0, 0.05) is 30.2 Å². The highest BCUT2D eigenvalue weighted by Gasteiger charge is 2.10. The third kappa shape index (κ3) is 7.57. The molecule has 0 atom stereocenters. The molecule has 29 heavy (non-hydrogen) atoms. The Bertz CT molecular complexity index is 871. The van der Waals surface area contributed by atoms with Gasteiger partial charge in [0.2, 0.25) is 5.91 Å². The largest absolute Gasteiger partial charge is 0.494 e. The minimum Gasteiger partial charge on any atom is -0.494 e. The number of carbonyl (C=O) groups is 4. The molecule has 0 heterocycles. The molecule has 1 amide bonds. The molecular formula is C22H23NO6. The summed E-state index contributed by atoms with van der Waals surface area (Å²) in [5.74, 6) is -0.410. The Balaban J connectivity index is 1.66. The molecule has 0 saturated heterocycles. The van der Waals surface area contributed by atoms with E-state index in [1.165, 1.54) is 13.8 Å². The van der Waals surface area contributed by atoms with Gasteiger partial charge in [0.1, 0.15) is 5.75 Å². The maximum atomic E-state index is 12.1. The van der Waals surface area contributed by atoms with E-state index in [-0.39, 0.29) is 30.5 Å². The highest BCUT2D eigenvalue weighted by atomic mass is 16.5. The second-order valence-corrected chi connectivity index (χ2v) is 6.37. The quantitative estimate of drug-likeness (QED) is 0.375. The smallest absolute Gasteiger partial charge is 0.306 e. The van der Waals surface area contributed by atoms with Gasteiger partial charge in [0.25, 0.3) is 0 Å². The predicted octanol–water partition coefficient (Wildman–Crippen LogP) is 3.43. The van der Waals surface area contributed by atoms with Crippen LogP contribution in [0.3, 0.4) is 0 Å². The maximum Gasteiger partial charge on any atom is 0.306 e. The van der Waals surface area contributed by atoms with Gasteiger partial charge in [0.15, 0.2) is 18.2 Å². The second kappa shape index (κ2) is 10.8. The summed E-state index contributed by atoms with van der Waals surface area (Å²) in [6, 6.07) is 13.1.